The van der Waals surface area contributed by atoms with Crippen LogP contribution in [-0.2, 0) is 11.3 Å². The maximum atomic E-state index is 11.8. The monoisotopic (exact) mass is 436 g/mol. The fraction of sp³-hybridized carbons (Fsp3) is 0.444. The van der Waals surface area contributed by atoms with Crippen LogP contribution in [0.15, 0.2) is 48.5 Å². The van der Waals surface area contributed by atoms with Crippen LogP contribution in [0, 0.1) is 5.92 Å². The number of hydrogen-bond acceptors (Lipinski definition) is 5. The van der Waals surface area contributed by atoms with E-state index in [1.54, 1.807) is 5.01 Å². The maximum absolute atomic E-state index is 11.8. The van der Waals surface area contributed by atoms with Gasteiger partial charge < -0.3 is 15.6 Å². The van der Waals surface area contributed by atoms with Crippen LogP contribution in [0.4, 0.5) is 5.69 Å². The molecule has 0 saturated carbocycles. The van der Waals surface area contributed by atoms with Gasteiger partial charge in [-0.3, -0.25) is 4.79 Å². The van der Waals surface area contributed by atoms with E-state index >= 15 is 0 Å². The average molecular weight is 437 g/mol. The van der Waals surface area contributed by atoms with Gasteiger partial charge in [-0.25, -0.2) is 5.84 Å². The zero-order chi connectivity index (χ0) is 23.7. The Morgan fingerprint density at radius 1 is 1.00 bits per heavy atom. The van der Waals surface area contributed by atoms with E-state index in [0.29, 0.717) is 24.4 Å². The van der Waals surface area contributed by atoms with E-state index in [-0.39, 0.29) is 5.92 Å². The molecule has 3 rings (SSSR count). The molecule has 1 aliphatic rings. The number of carbonyl (C=O) groups excluding carboxylic acids is 1. The summed E-state index contributed by atoms with van der Waals surface area (Å²) in [6.07, 6.45) is 3.44. The second-order valence-corrected chi connectivity index (χ2v) is 8.42. The van der Waals surface area contributed by atoms with Crippen molar-refractivity contribution < 1.29 is 4.79 Å². The molecular formula is C27H40N4O. The van der Waals surface area contributed by atoms with Gasteiger partial charge >= 0.3 is 0 Å². The Hall–Kier alpha value is -2.79. The van der Waals surface area contributed by atoms with Gasteiger partial charge in [-0.1, -0.05) is 76.6 Å². The van der Waals surface area contributed by atoms with Gasteiger partial charge in [-0.2, -0.15) is 0 Å². The Kier molecular flexibility index (Phi) is 9.79. The summed E-state index contributed by atoms with van der Waals surface area (Å²) >= 11 is 0. The van der Waals surface area contributed by atoms with Crippen LogP contribution in [0.1, 0.15) is 70.1 Å². The Bertz CT molecular complexity index is 919. The Labute approximate surface area is 194 Å². The molecule has 0 fully saturated rings. The molecule has 0 unspecified atom stereocenters. The molecule has 0 spiro atoms. The number of fused-ring (bicyclic) bond motifs is 2. The van der Waals surface area contributed by atoms with Crippen molar-refractivity contribution in [3.8, 4) is 0 Å². The van der Waals surface area contributed by atoms with Crippen molar-refractivity contribution in [2.24, 2.45) is 17.5 Å². The first kappa shape index (κ1) is 25.5. The van der Waals surface area contributed by atoms with Crippen molar-refractivity contribution in [2.45, 2.75) is 59.9 Å². The van der Waals surface area contributed by atoms with Crippen LogP contribution >= 0.6 is 0 Å². The lowest BCUT2D eigenvalue weighted by Crippen LogP contribution is -2.34. The van der Waals surface area contributed by atoms with Gasteiger partial charge in [0.25, 0.3) is 0 Å². The number of ketones is 1. The first-order chi connectivity index (χ1) is 15.4. The smallest absolute Gasteiger partial charge is 0.135 e. The van der Waals surface area contributed by atoms with E-state index in [1.807, 2.05) is 52.0 Å². The van der Waals surface area contributed by atoms with Crippen LogP contribution in [0.5, 0.6) is 0 Å². The molecule has 0 amide bonds. The van der Waals surface area contributed by atoms with Gasteiger partial charge in [0, 0.05) is 49.3 Å². The molecule has 32 heavy (non-hydrogen) atoms. The topological polar surface area (TPSA) is 75.6 Å². The number of anilines is 1. The zero-order valence-electron chi connectivity index (χ0n) is 20.4. The van der Waals surface area contributed by atoms with E-state index in [2.05, 4.69) is 36.2 Å². The number of nitrogens with zero attached hydrogens (tertiary/aromatic N) is 2. The summed E-state index contributed by atoms with van der Waals surface area (Å²) in [6, 6.07) is 16.5. The Morgan fingerprint density at radius 3 is 2.31 bits per heavy atom. The third-order valence-corrected chi connectivity index (χ3v) is 5.79. The van der Waals surface area contributed by atoms with Crippen molar-refractivity contribution in [3.63, 3.8) is 0 Å². The van der Waals surface area contributed by atoms with E-state index in [1.165, 1.54) is 5.56 Å². The van der Waals surface area contributed by atoms with Crippen LogP contribution in [0.2, 0.25) is 0 Å². The molecule has 1 aliphatic heterocycles. The molecule has 5 nitrogen and oxygen atoms in total. The molecule has 0 saturated heterocycles. The first-order valence-electron chi connectivity index (χ1n) is 11.8. The predicted molar refractivity (Wildman–Crippen MR) is 137 cm³/mol. The number of para-hydroxylation sites is 1. The number of hydrazine groups is 1. The number of hydrogen-bond donors (Lipinski definition) is 2. The van der Waals surface area contributed by atoms with Crippen LogP contribution in [-0.4, -0.2) is 24.4 Å². The lowest BCUT2D eigenvalue weighted by atomic mass is 9.96. The summed E-state index contributed by atoms with van der Waals surface area (Å²) in [7, 11) is 2.10. The molecule has 5 heteroatoms. The Morgan fingerprint density at radius 2 is 1.62 bits per heavy atom. The molecular weight excluding hydrogens is 396 g/mol. The van der Waals surface area contributed by atoms with Crippen LogP contribution in [0.3, 0.4) is 0 Å². The van der Waals surface area contributed by atoms with E-state index in [0.717, 1.165) is 48.3 Å². The highest BCUT2D eigenvalue weighted by atomic mass is 16.1. The normalized spacial score (nSPS) is 15.2. The van der Waals surface area contributed by atoms with Gasteiger partial charge in [0.05, 0.1) is 11.4 Å². The Balaban J connectivity index is 0.00000176. The summed E-state index contributed by atoms with van der Waals surface area (Å²) in [4.78, 5) is 14.1. The second kappa shape index (κ2) is 12.3. The summed E-state index contributed by atoms with van der Waals surface area (Å²) in [5, 5.41) is 1.79. The molecule has 4 N–H and O–H groups in total. The summed E-state index contributed by atoms with van der Waals surface area (Å²) in [5.74, 6) is 7.03. The molecule has 0 radical (unpaired) electrons. The number of carbonyl (C=O) groups is 1. The predicted octanol–water partition coefficient (Wildman–Crippen LogP) is 5.41. The fourth-order valence-corrected chi connectivity index (χ4v) is 4.01. The van der Waals surface area contributed by atoms with Gasteiger partial charge in [-0.15, -0.1) is 0 Å². The molecule has 1 heterocycles. The minimum atomic E-state index is 0.115. The highest BCUT2D eigenvalue weighted by Gasteiger charge is 2.23. The quantitative estimate of drug-likeness (QED) is 0.329. The summed E-state index contributed by atoms with van der Waals surface area (Å²) in [5.41, 5.74) is 12.7. The lowest BCUT2D eigenvalue weighted by molar-refractivity contribution is -0.122. The third-order valence-electron chi connectivity index (χ3n) is 5.79. The molecule has 2 aromatic rings. The standard InChI is InChI=1S/C25H34N4O.C2H6/c1-18(2)23(30)15-5-4-10-16-29(27)25-21-13-8-9-14-22(21)28(3)17-19-11-6-7-12-20(19)24(25)26;1-2/h6-9,11-14,18H,4-5,10,15-17,26-27H2,1-3H3;1-2H3/b25-24-;. The SMILES string of the molecule is CC.CC(C)C(=O)CCCCCN(N)/C1=C(\N)c2ccccc2CN(C)c2ccccc21. The number of nitrogens with two attached hydrogens (primary N) is 2. The third kappa shape index (κ3) is 6.13. The van der Waals surface area contributed by atoms with E-state index < -0.39 is 0 Å². The van der Waals surface area contributed by atoms with Gasteiger partial charge in [0.1, 0.15) is 5.78 Å². The van der Waals surface area contributed by atoms with Gasteiger partial charge in [0.2, 0.25) is 0 Å². The molecule has 0 bridgehead atoms. The molecule has 0 aliphatic carbocycles. The zero-order valence-corrected chi connectivity index (χ0v) is 20.4. The molecule has 0 aromatic heterocycles. The first-order valence-corrected chi connectivity index (χ1v) is 11.8. The number of benzene rings is 2. The molecule has 0 atom stereocenters. The van der Waals surface area contributed by atoms with Crippen molar-refractivity contribution >= 4 is 22.9 Å². The summed E-state index contributed by atoms with van der Waals surface area (Å²) in [6.45, 7) is 9.39. The van der Waals surface area contributed by atoms with Crippen molar-refractivity contribution in [1.82, 2.24) is 5.01 Å². The number of Topliss-reactive ketones (excluding diaryl/α,β-unsaturated/α-hetero) is 1. The van der Waals surface area contributed by atoms with Crippen molar-refractivity contribution in [1.29, 1.82) is 0 Å². The number of rotatable bonds is 8. The molecule has 2 aromatic carbocycles. The van der Waals surface area contributed by atoms with Crippen molar-refractivity contribution in [2.75, 3.05) is 18.5 Å². The van der Waals surface area contributed by atoms with Gasteiger partial charge in [0.15, 0.2) is 0 Å². The highest BCUT2D eigenvalue weighted by molar-refractivity contribution is 5.93. The van der Waals surface area contributed by atoms with E-state index in [4.69, 9.17) is 11.6 Å². The van der Waals surface area contributed by atoms with Crippen molar-refractivity contribution in [3.05, 3.63) is 65.2 Å². The second-order valence-electron chi connectivity index (χ2n) is 8.42. The number of unbranched alkanes of at least 4 members (excludes halogenated alkanes) is 2. The minimum absolute atomic E-state index is 0.115. The largest absolute Gasteiger partial charge is 0.396 e. The maximum Gasteiger partial charge on any atom is 0.135 e. The minimum Gasteiger partial charge on any atom is -0.396 e. The summed E-state index contributed by atoms with van der Waals surface area (Å²) < 4.78 is 0. The lowest BCUT2D eigenvalue weighted by Gasteiger charge is -2.32. The highest BCUT2D eigenvalue weighted by Crippen LogP contribution is 2.36. The average Bonchev–Trinajstić information content (AvgIpc) is 2.80. The molecule has 174 valence electrons. The fourth-order valence-electron chi connectivity index (χ4n) is 4.01. The van der Waals surface area contributed by atoms with Gasteiger partial charge in [-0.05, 0) is 24.5 Å². The van der Waals surface area contributed by atoms with Crippen LogP contribution < -0.4 is 16.5 Å². The van der Waals surface area contributed by atoms with Crippen LogP contribution in [0.25, 0.3) is 11.4 Å². The van der Waals surface area contributed by atoms with E-state index in [9.17, 15) is 4.79 Å².